The predicted molar refractivity (Wildman–Crippen MR) is 106 cm³/mol. The second-order valence-corrected chi connectivity index (χ2v) is 6.26. The van der Waals surface area contributed by atoms with Crippen LogP contribution >= 0.6 is 0 Å². The van der Waals surface area contributed by atoms with Gasteiger partial charge < -0.3 is 9.90 Å². The first-order valence-electron chi connectivity index (χ1n) is 8.89. The van der Waals surface area contributed by atoms with Crippen LogP contribution in [0.15, 0.2) is 100 Å². The van der Waals surface area contributed by atoms with Crippen molar-refractivity contribution in [1.29, 1.82) is 0 Å². The minimum Gasteiger partial charge on any atom is -0.545 e. The summed E-state index contributed by atoms with van der Waals surface area (Å²) in [5.41, 5.74) is 1.80. The number of carbonyl (C=O) groups is 2. The first-order valence-corrected chi connectivity index (χ1v) is 8.89. The quantitative estimate of drug-likeness (QED) is 0.439. The van der Waals surface area contributed by atoms with Crippen LogP contribution in [0.3, 0.4) is 0 Å². The molecule has 7 nitrogen and oxygen atoms in total. The predicted octanol–water partition coefficient (Wildman–Crippen LogP) is -0.0425. The van der Waals surface area contributed by atoms with Crippen LogP contribution in [0.2, 0.25) is 0 Å². The molecule has 0 bridgehead atoms. The SMILES string of the molecule is O=C([O-])c1ccccc1N=NC1C(=O)N(c2ccccc2)N=C1c1ccccc1.[Na+]. The second-order valence-electron chi connectivity index (χ2n) is 6.26. The van der Waals surface area contributed by atoms with E-state index in [1.807, 2.05) is 48.5 Å². The van der Waals surface area contributed by atoms with Crippen LogP contribution in [0.25, 0.3) is 0 Å². The minimum absolute atomic E-state index is 0. The van der Waals surface area contributed by atoms with Gasteiger partial charge in [-0.2, -0.15) is 20.3 Å². The van der Waals surface area contributed by atoms with Gasteiger partial charge in [-0.05, 0) is 18.2 Å². The second kappa shape index (κ2) is 9.58. The van der Waals surface area contributed by atoms with Gasteiger partial charge >= 0.3 is 29.6 Å². The van der Waals surface area contributed by atoms with Crippen LogP contribution in [0.1, 0.15) is 15.9 Å². The smallest absolute Gasteiger partial charge is 0.545 e. The Labute approximate surface area is 195 Å². The Morgan fingerprint density at radius 3 is 2.17 bits per heavy atom. The van der Waals surface area contributed by atoms with Crippen molar-refractivity contribution in [3.8, 4) is 0 Å². The maximum absolute atomic E-state index is 13.1. The van der Waals surface area contributed by atoms with Crippen molar-refractivity contribution in [2.24, 2.45) is 15.3 Å². The van der Waals surface area contributed by atoms with Crippen LogP contribution in [0.4, 0.5) is 11.4 Å². The molecule has 0 saturated heterocycles. The Bertz CT molecular complexity index is 1120. The number of benzene rings is 3. The third kappa shape index (κ3) is 4.38. The summed E-state index contributed by atoms with van der Waals surface area (Å²) in [6.45, 7) is 0. The molecule has 0 radical (unpaired) electrons. The molecule has 4 rings (SSSR count). The molecule has 0 fully saturated rings. The Hall–Kier alpha value is -3.13. The van der Waals surface area contributed by atoms with E-state index in [9.17, 15) is 14.7 Å². The molecule has 3 aromatic carbocycles. The number of rotatable bonds is 5. The van der Waals surface area contributed by atoms with Crippen LogP contribution in [-0.4, -0.2) is 23.6 Å². The van der Waals surface area contributed by atoms with Gasteiger partial charge in [-0.15, -0.1) is 0 Å². The maximum atomic E-state index is 13.1. The Kier molecular flexibility index (Phi) is 6.89. The molecule has 142 valence electrons. The van der Waals surface area contributed by atoms with E-state index in [2.05, 4.69) is 15.3 Å². The summed E-state index contributed by atoms with van der Waals surface area (Å²) in [7, 11) is 0. The van der Waals surface area contributed by atoms with E-state index < -0.39 is 12.0 Å². The molecule has 1 aliphatic heterocycles. The van der Waals surface area contributed by atoms with Crippen molar-refractivity contribution in [1.82, 2.24) is 0 Å². The van der Waals surface area contributed by atoms with Gasteiger partial charge in [0.15, 0.2) is 6.04 Å². The zero-order chi connectivity index (χ0) is 20.2. The molecule has 8 heteroatoms. The van der Waals surface area contributed by atoms with Gasteiger partial charge in [0.25, 0.3) is 5.91 Å². The fourth-order valence-electron chi connectivity index (χ4n) is 2.98. The van der Waals surface area contributed by atoms with Gasteiger partial charge in [0.05, 0.1) is 17.3 Å². The molecule has 1 unspecified atom stereocenters. The van der Waals surface area contributed by atoms with Gasteiger partial charge in [0.1, 0.15) is 5.71 Å². The molecule has 0 aromatic heterocycles. The van der Waals surface area contributed by atoms with Gasteiger partial charge in [-0.1, -0.05) is 66.7 Å². The summed E-state index contributed by atoms with van der Waals surface area (Å²) in [5, 5.41) is 25.3. The molecule has 1 atom stereocenters. The molecular formula is C22H15N4NaO3. The van der Waals surface area contributed by atoms with E-state index >= 15 is 0 Å². The van der Waals surface area contributed by atoms with Crippen molar-refractivity contribution >= 4 is 29.0 Å². The van der Waals surface area contributed by atoms with E-state index in [0.29, 0.717) is 11.4 Å². The molecule has 3 aromatic rings. The normalized spacial score (nSPS) is 15.7. The van der Waals surface area contributed by atoms with Crippen molar-refractivity contribution in [3.05, 3.63) is 96.1 Å². The largest absolute Gasteiger partial charge is 1.00 e. The number of carbonyl (C=O) groups excluding carboxylic acids is 2. The summed E-state index contributed by atoms with van der Waals surface area (Å²) in [4.78, 5) is 24.4. The number of carboxylic acid groups (broad SMARTS) is 1. The molecule has 1 heterocycles. The van der Waals surface area contributed by atoms with Crippen LogP contribution in [-0.2, 0) is 4.79 Å². The standard InChI is InChI=1S/C22H16N4O3.Na/c27-21-20(24-23-18-14-8-7-13-17(18)22(28)29)19(15-9-3-1-4-10-15)25-26(21)16-11-5-2-6-12-16;/h1-14,20H,(H,28,29);/q;+1/p-1. The van der Waals surface area contributed by atoms with Gasteiger partial charge in [0, 0.05) is 11.1 Å². The van der Waals surface area contributed by atoms with E-state index in [0.717, 1.165) is 5.56 Å². The van der Waals surface area contributed by atoms with Gasteiger partial charge in [0.2, 0.25) is 0 Å². The van der Waals surface area contributed by atoms with Crippen molar-refractivity contribution in [2.45, 2.75) is 6.04 Å². The Morgan fingerprint density at radius 2 is 1.50 bits per heavy atom. The molecule has 30 heavy (non-hydrogen) atoms. The fraction of sp³-hybridized carbons (Fsp3) is 0.0455. The van der Waals surface area contributed by atoms with Crippen molar-refractivity contribution < 1.29 is 44.3 Å². The zero-order valence-corrected chi connectivity index (χ0v) is 18.2. The number of amides is 1. The first kappa shape index (κ1) is 21.6. The molecular weight excluding hydrogens is 391 g/mol. The number of nitrogens with zero attached hydrogens (tertiary/aromatic N) is 4. The van der Waals surface area contributed by atoms with Crippen molar-refractivity contribution in [2.75, 3.05) is 5.01 Å². The number of carboxylic acids is 1. The molecule has 1 aliphatic rings. The average molecular weight is 406 g/mol. The maximum Gasteiger partial charge on any atom is 1.00 e. The monoisotopic (exact) mass is 406 g/mol. The summed E-state index contributed by atoms with van der Waals surface area (Å²) < 4.78 is 0. The molecule has 0 aliphatic carbocycles. The number of azo groups is 1. The van der Waals surface area contributed by atoms with Crippen LogP contribution in [0.5, 0.6) is 0 Å². The van der Waals surface area contributed by atoms with E-state index in [4.69, 9.17) is 0 Å². The minimum atomic E-state index is -1.36. The first-order chi connectivity index (χ1) is 14.1. The molecule has 0 spiro atoms. The van der Waals surface area contributed by atoms with E-state index in [1.54, 1.807) is 24.3 Å². The third-order valence-corrected chi connectivity index (χ3v) is 4.38. The molecule has 1 amide bonds. The number of anilines is 1. The fourth-order valence-corrected chi connectivity index (χ4v) is 2.98. The number of aromatic carboxylic acids is 1. The summed E-state index contributed by atoms with van der Waals surface area (Å²) >= 11 is 0. The number of hydrogen-bond donors (Lipinski definition) is 0. The summed E-state index contributed by atoms with van der Waals surface area (Å²) in [6.07, 6.45) is 0. The third-order valence-electron chi connectivity index (χ3n) is 4.38. The Morgan fingerprint density at radius 1 is 0.900 bits per heavy atom. The number of hydrogen-bond acceptors (Lipinski definition) is 6. The average Bonchev–Trinajstić information content (AvgIpc) is 3.10. The molecule has 0 saturated carbocycles. The van der Waals surface area contributed by atoms with Crippen LogP contribution < -0.4 is 39.7 Å². The van der Waals surface area contributed by atoms with Gasteiger partial charge in [-0.25, -0.2) is 0 Å². The summed E-state index contributed by atoms with van der Waals surface area (Å²) in [6, 6.07) is 23.3. The summed E-state index contributed by atoms with van der Waals surface area (Å²) in [5.74, 6) is -1.73. The topological polar surface area (TPSA) is 97.5 Å². The van der Waals surface area contributed by atoms with E-state index in [-0.39, 0.29) is 46.7 Å². The van der Waals surface area contributed by atoms with Crippen molar-refractivity contribution in [3.63, 3.8) is 0 Å². The van der Waals surface area contributed by atoms with Gasteiger partial charge in [-0.3, -0.25) is 4.79 Å². The zero-order valence-electron chi connectivity index (χ0n) is 16.2. The number of hydrazone groups is 1. The van der Waals surface area contributed by atoms with Crippen LogP contribution in [0, 0.1) is 0 Å². The van der Waals surface area contributed by atoms with E-state index in [1.165, 1.54) is 17.1 Å². The number of para-hydroxylation sites is 1. The Balaban J connectivity index is 0.00000256. The molecule has 0 N–H and O–H groups in total.